The molecule has 1 fully saturated rings. The SMILES string of the molecule is CCNC(=NCC(c1ccc(F)cc1)N(C)C)NCCN1CCOCC1.I. The molecule has 154 valence electrons. The number of rotatable bonds is 8. The van der Waals surface area contributed by atoms with Crippen LogP contribution in [0.25, 0.3) is 0 Å². The van der Waals surface area contributed by atoms with Crippen molar-refractivity contribution >= 4 is 29.9 Å². The highest BCUT2D eigenvalue weighted by atomic mass is 127. The summed E-state index contributed by atoms with van der Waals surface area (Å²) in [6.45, 7) is 8.90. The van der Waals surface area contributed by atoms with Crippen LogP contribution in [0.4, 0.5) is 4.39 Å². The Hall–Kier alpha value is -0.970. The van der Waals surface area contributed by atoms with E-state index in [0.29, 0.717) is 6.54 Å². The van der Waals surface area contributed by atoms with Crippen molar-refractivity contribution in [2.24, 2.45) is 4.99 Å². The molecule has 2 rings (SSSR count). The van der Waals surface area contributed by atoms with Gasteiger partial charge in [-0.3, -0.25) is 9.89 Å². The van der Waals surface area contributed by atoms with Crippen molar-refractivity contribution in [1.29, 1.82) is 0 Å². The van der Waals surface area contributed by atoms with E-state index in [1.807, 2.05) is 26.2 Å². The third-order valence-electron chi connectivity index (χ3n) is 4.47. The van der Waals surface area contributed by atoms with Crippen molar-refractivity contribution < 1.29 is 9.13 Å². The van der Waals surface area contributed by atoms with Crippen molar-refractivity contribution in [3.8, 4) is 0 Å². The molecule has 6 nitrogen and oxygen atoms in total. The van der Waals surface area contributed by atoms with Gasteiger partial charge in [0.2, 0.25) is 0 Å². The van der Waals surface area contributed by atoms with E-state index < -0.39 is 0 Å². The van der Waals surface area contributed by atoms with E-state index in [9.17, 15) is 4.39 Å². The summed E-state index contributed by atoms with van der Waals surface area (Å²) in [5.74, 6) is 0.600. The number of hydrogen-bond donors (Lipinski definition) is 2. The van der Waals surface area contributed by atoms with Crippen LogP contribution in [0.2, 0.25) is 0 Å². The molecule has 1 aromatic rings. The molecule has 0 aliphatic carbocycles. The Morgan fingerprint density at radius 3 is 2.48 bits per heavy atom. The number of aliphatic imine (C=N–C) groups is 1. The second kappa shape index (κ2) is 13.2. The molecule has 0 amide bonds. The number of morpholine rings is 1. The van der Waals surface area contributed by atoms with Gasteiger partial charge in [0.1, 0.15) is 5.82 Å². The van der Waals surface area contributed by atoms with Gasteiger partial charge in [0.05, 0.1) is 25.8 Å². The first-order valence-corrected chi connectivity index (χ1v) is 9.34. The third kappa shape index (κ3) is 8.71. The zero-order valence-corrected chi connectivity index (χ0v) is 18.9. The normalized spacial score (nSPS) is 16.7. The first-order valence-electron chi connectivity index (χ1n) is 9.34. The van der Waals surface area contributed by atoms with Gasteiger partial charge < -0.3 is 20.3 Å². The first-order chi connectivity index (χ1) is 12.6. The lowest BCUT2D eigenvalue weighted by Gasteiger charge is -2.27. The summed E-state index contributed by atoms with van der Waals surface area (Å²) in [4.78, 5) is 9.23. The van der Waals surface area contributed by atoms with Gasteiger partial charge in [-0.25, -0.2) is 4.39 Å². The molecule has 0 spiro atoms. The number of nitrogens with one attached hydrogen (secondary N) is 2. The molecule has 0 saturated carbocycles. The molecule has 1 heterocycles. The molecule has 1 aromatic carbocycles. The van der Waals surface area contributed by atoms with E-state index in [1.54, 1.807) is 0 Å². The molecule has 8 heteroatoms. The highest BCUT2D eigenvalue weighted by Gasteiger charge is 2.14. The molecular formula is C19H33FIN5O. The zero-order valence-electron chi connectivity index (χ0n) is 16.6. The first kappa shape index (κ1) is 24.1. The van der Waals surface area contributed by atoms with Crippen LogP contribution >= 0.6 is 24.0 Å². The monoisotopic (exact) mass is 493 g/mol. The van der Waals surface area contributed by atoms with E-state index in [4.69, 9.17) is 9.73 Å². The minimum atomic E-state index is -0.215. The lowest BCUT2D eigenvalue weighted by Crippen LogP contribution is -2.44. The van der Waals surface area contributed by atoms with Gasteiger partial charge in [-0.05, 0) is 38.7 Å². The van der Waals surface area contributed by atoms with Crippen LogP contribution in [0.1, 0.15) is 18.5 Å². The van der Waals surface area contributed by atoms with Gasteiger partial charge >= 0.3 is 0 Å². The summed E-state index contributed by atoms with van der Waals surface area (Å²) in [7, 11) is 4.03. The molecule has 1 atom stereocenters. The minimum absolute atomic E-state index is 0. The standard InChI is InChI=1S/C19H32FN5O.HI/c1-4-21-19(22-9-10-25-11-13-26-14-12-25)23-15-18(24(2)3)16-5-7-17(20)8-6-16;/h5-8,18H,4,9-15H2,1-3H3,(H2,21,22,23);1H. The Kier molecular flexibility index (Phi) is 11.8. The minimum Gasteiger partial charge on any atom is -0.379 e. The smallest absolute Gasteiger partial charge is 0.191 e. The second-order valence-corrected chi connectivity index (χ2v) is 6.63. The average Bonchev–Trinajstić information content (AvgIpc) is 2.64. The largest absolute Gasteiger partial charge is 0.379 e. The highest BCUT2D eigenvalue weighted by Crippen LogP contribution is 2.18. The van der Waals surface area contributed by atoms with Gasteiger partial charge in [-0.2, -0.15) is 0 Å². The lowest BCUT2D eigenvalue weighted by atomic mass is 10.1. The van der Waals surface area contributed by atoms with Crippen LogP contribution < -0.4 is 10.6 Å². The maximum Gasteiger partial charge on any atom is 0.191 e. The van der Waals surface area contributed by atoms with Crippen molar-refractivity contribution in [3.05, 3.63) is 35.6 Å². The van der Waals surface area contributed by atoms with Crippen molar-refractivity contribution in [1.82, 2.24) is 20.4 Å². The molecule has 0 radical (unpaired) electrons. The Balaban J connectivity index is 0.00000364. The van der Waals surface area contributed by atoms with E-state index in [1.165, 1.54) is 12.1 Å². The summed E-state index contributed by atoms with van der Waals surface area (Å²) in [6, 6.07) is 6.76. The maximum absolute atomic E-state index is 13.2. The van der Waals surface area contributed by atoms with Crippen LogP contribution in [-0.4, -0.2) is 82.3 Å². The van der Waals surface area contributed by atoms with Crippen molar-refractivity contribution in [2.45, 2.75) is 13.0 Å². The topological polar surface area (TPSA) is 52.1 Å². The zero-order chi connectivity index (χ0) is 18.8. The summed E-state index contributed by atoms with van der Waals surface area (Å²) in [5, 5.41) is 6.69. The molecular weight excluding hydrogens is 460 g/mol. The number of hydrogen-bond acceptors (Lipinski definition) is 4. The predicted octanol–water partition coefficient (Wildman–Crippen LogP) is 1.93. The molecule has 1 saturated heterocycles. The van der Waals surface area contributed by atoms with Gasteiger partial charge in [-0.15, -0.1) is 24.0 Å². The fourth-order valence-corrected chi connectivity index (χ4v) is 2.93. The van der Waals surface area contributed by atoms with E-state index >= 15 is 0 Å². The van der Waals surface area contributed by atoms with Gasteiger partial charge in [0.15, 0.2) is 5.96 Å². The molecule has 1 aliphatic heterocycles. The summed E-state index contributed by atoms with van der Waals surface area (Å²) in [5.41, 5.74) is 1.06. The van der Waals surface area contributed by atoms with Crippen molar-refractivity contribution in [2.75, 3.05) is 66.6 Å². The molecule has 2 N–H and O–H groups in total. The number of nitrogens with zero attached hydrogens (tertiary/aromatic N) is 3. The fraction of sp³-hybridized carbons (Fsp3) is 0.632. The van der Waals surface area contributed by atoms with E-state index in [0.717, 1.165) is 57.5 Å². The highest BCUT2D eigenvalue weighted by molar-refractivity contribution is 14.0. The van der Waals surface area contributed by atoms with Crippen LogP contribution in [0.5, 0.6) is 0 Å². The van der Waals surface area contributed by atoms with Gasteiger partial charge in [0, 0.05) is 32.7 Å². The number of guanidine groups is 1. The molecule has 0 bridgehead atoms. The van der Waals surface area contributed by atoms with Crippen LogP contribution in [0.15, 0.2) is 29.3 Å². The van der Waals surface area contributed by atoms with Gasteiger partial charge in [-0.1, -0.05) is 12.1 Å². The molecule has 27 heavy (non-hydrogen) atoms. The third-order valence-corrected chi connectivity index (χ3v) is 4.47. The molecule has 0 aromatic heterocycles. The number of ether oxygens (including phenoxy) is 1. The van der Waals surface area contributed by atoms with Crippen molar-refractivity contribution in [3.63, 3.8) is 0 Å². The average molecular weight is 493 g/mol. The second-order valence-electron chi connectivity index (χ2n) is 6.63. The van der Waals surface area contributed by atoms with Crippen LogP contribution in [0.3, 0.4) is 0 Å². The van der Waals surface area contributed by atoms with E-state index in [2.05, 4.69) is 27.4 Å². The summed E-state index contributed by atoms with van der Waals surface area (Å²) in [6.07, 6.45) is 0. The predicted molar refractivity (Wildman–Crippen MR) is 119 cm³/mol. The Labute approximate surface area is 179 Å². The lowest BCUT2D eigenvalue weighted by molar-refractivity contribution is 0.0389. The van der Waals surface area contributed by atoms with Crippen LogP contribution in [-0.2, 0) is 4.74 Å². The van der Waals surface area contributed by atoms with Gasteiger partial charge in [0.25, 0.3) is 0 Å². The number of benzene rings is 1. The quantitative estimate of drug-likeness (QED) is 0.330. The maximum atomic E-state index is 13.2. The number of likely N-dealkylation sites (N-methyl/N-ethyl adjacent to an activating group) is 1. The fourth-order valence-electron chi connectivity index (χ4n) is 2.93. The molecule has 1 aliphatic rings. The van der Waals surface area contributed by atoms with Crippen LogP contribution in [0, 0.1) is 5.82 Å². The Morgan fingerprint density at radius 2 is 1.89 bits per heavy atom. The molecule has 1 unspecified atom stereocenters. The number of halogens is 2. The Bertz CT molecular complexity index is 550. The Morgan fingerprint density at radius 1 is 1.22 bits per heavy atom. The summed E-state index contributed by atoms with van der Waals surface area (Å²) < 4.78 is 18.6. The summed E-state index contributed by atoms with van der Waals surface area (Å²) >= 11 is 0. The van der Waals surface area contributed by atoms with E-state index in [-0.39, 0.29) is 35.8 Å².